The van der Waals surface area contributed by atoms with E-state index in [1.165, 1.54) is 13.2 Å². The van der Waals surface area contributed by atoms with E-state index in [0.717, 1.165) is 6.07 Å². The smallest absolute Gasteiger partial charge is 0.419 e. The summed E-state index contributed by atoms with van der Waals surface area (Å²) in [5, 5.41) is 0. The number of rotatable bonds is 3. The number of benzene rings is 1. The first-order valence-corrected chi connectivity index (χ1v) is 4.43. The van der Waals surface area contributed by atoms with E-state index in [2.05, 4.69) is 4.74 Å². The molecule has 0 saturated carbocycles. The van der Waals surface area contributed by atoms with Crippen molar-refractivity contribution >= 4 is 0 Å². The predicted molar refractivity (Wildman–Crippen MR) is 50.8 cm³/mol. The van der Waals surface area contributed by atoms with Gasteiger partial charge in [0, 0.05) is 0 Å². The molecule has 0 heterocycles. The molecular formula is C10H12F3NO. The van der Waals surface area contributed by atoms with E-state index in [0.29, 0.717) is 18.5 Å². The Morgan fingerprint density at radius 1 is 1.33 bits per heavy atom. The number of alkyl halides is 3. The molecule has 84 valence electrons. The maximum atomic E-state index is 12.5. The van der Waals surface area contributed by atoms with Crippen LogP contribution in [0.1, 0.15) is 11.1 Å². The van der Waals surface area contributed by atoms with Crippen LogP contribution in [-0.4, -0.2) is 13.7 Å². The van der Waals surface area contributed by atoms with Crippen LogP contribution < -0.4 is 10.5 Å². The van der Waals surface area contributed by atoms with Crippen LogP contribution in [0, 0.1) is 0 Å². The highest BCUT2D eigenvalue weighted by molar-refractivity contribution is 5.39. The Morgan fingerprint density at radius 3 is 2.47 bits per heavy atom. The van der Waals surface area contributed by atoms with Gasteiger partial charge < -0.3 is 10.5 Å². The van der Waals surface area contributed by atoms with Crippen molar-refractivity contribution in [1.82, 2.24) is 0 Å². The van der Waals surface area contributed by atoms with Gasteiger partial charge in [-0.2, -0.15) is 13.2 Å². The molecule has 0 spiro atoms. The van der Waals surface area contributed by atoms with Crippen LogP contribution in [0.25, 0.3) is 0 Å². The lowest BCUT2D eigenvalue weighted by Gasteiger charge is -2.13. The molecule has 1 aromatic rings. The Labute approximate surface area is 85.8 Å². The summed E-state index contributed by atoms with van der Waals surface area (Å²) >= 11 is 0. The lowest BCUT2D eigenvalue weighted by atomic mass is 10.1. The number of hydrogen-bond acceptors (Lipinski definition) is 2. The van der Waals surface area contributed by atoms with Crippen molar-refractivity contribution in [1.29, 1.82) is 0 Å². The van der Waals surface area contributed by atoms with Crippen molar-refractivity contribution in [2.45, 2.75) is 12.6 Å². The maximum absolute atomic E-state index is 12.5. The number of nitrogens with two attached hydrogens (primary N) is 1. The topological polar surface area (TPSA) is 35.2 Å². The fourth-order valence-corrected chi connectivity index (χ4v) is 1.30. The highest BCUT2D eigenvalue weighted by atomic mass is 19.4. The van der Waals surface area contributed by atoms with Gasteiger partial charge in [-0.15, -0.1) is 0 Å². The Bertz CT molecular complexity index is 336. The number of ether oxygens (including phenoxy) is 1. The first-order valence-electron chi connectivity index (χ1n) is 4.43. The molecular weight excluding hydrogens is 207 g/mol. The van der Waals surface area contributed by atoms with Crippen LogP contribution in [0.15, 0.2) is 18.2 Å². The van der Waals surface area contributed by atoms with E-state index in [9.17, 15) is 13.2 Å². The Balaban J connectivity index is 3.13. The van der Waals surface area contributed by atoms with Crippen LogP contribution in [0.4, 0.5) is 13.2 Å². The standard InChI is InChI=1S/C10H12F3NO/c1-15-9-3-2-7(4-5-14)6-8(9)10(11,12)13/h2-3,6H,4-5,14H2,1H3. The molecule has 0 radical (unpaired) electrons. The largest absolute Gasteiger partial charge is 0.496 e. The third-order valence-electron chi connectivity index (χ3n) is 2.00. The van der Waals surface area contributed by atoms with Gasteiger partial charge in [-0.1, -0.05) is 6.07 Å². The summed E-state index contributed by atoms with van der Waals surface area (Å²) in [6.45, 7) is 0.323. The van der Waals surface area contributed by atoms with Crippen molar-refractivity contribution in [3.8, 4) is 5.75 Å². The van der Waals surface area contributed by atoms with Gasteiger partial charge in [0.05, 0.1) is 12.7 Å². The van der Waals surface area contributed by atoms with E-state index in [4.69, 9.17) is 5.73 Å². The van der Waals surface area contributed by atoms with E-state index < -0.39 is 11.7 Å². The zero-order chi connectivity index (χ0) is 11.5. The fourth-order valence-electron chi connectivity index (χ4n) is 1.30. The molecule has 0 aliphatic heterocycles. The maximum Gasteiger partial charge on any atom is 0.419 e. The molecule has 15 heavy (non-hydrogen) atoms. The second-order valence-electron chi connectivity index (χ2n) is 3.07. The molecule has 0 fully saturated rings. The van der Waals surface area contributed by atoms with Crippen molar-refractivity contribution in [3.05, 3.63) is 29.3 Å². The zero-order valence-electron chi connectivity index (χ0n) is 8.27. The average Bonchev–Trinajstić information content (AvgIpc) is 2.17. The summed E-state index contributed by atoms with van der Waals surface area (Å²) in [7, 11) is 1.22. The molecule has 0 atom stereocenters. The Morgan fingerprint density at radius 2 is 2.00 bits per heavy atom. The highest BCUT2D eigenvalue weighted by Crippen LogP contribution is 2.36. The van der Waals surface area contributed by atoms with Crippen LogP contribution in [0.5, 0.6) is 5.75 Å². The van der Waals surface area contributed by atoms with E-state index in [1.54, 1.807) is 6.07 Å². The second-order valence-corrected chi connectivity index (χ2v) is 3.07. The van der Waals surface area contributed by atoms with Gasteiger partial charge in [0.25, 0.3) is 0 Å². The Kier molecular flexibility index (Phi) is 3.57. The zero-order valence-corrected chi connectivity index (χ0v) is 8.27. The van der Waals surface area contributed by atoms with E-state index in [-0.39, 0.29) is 5.75 Å². The first-order chi connectivity index (χ1) is 6.99. The van der Waals surface area contributed by atoms with Crippen molar-refractivity contribution in [3.63, 3.8) is 0 Å². The van der Waals surface area contributed by atoms with Gasteiger partial charge in [-0.3, -0.25) is 0 Å². The minimum Gasteiger partial charge on any atom is -0.496 e. The van der Waals surface area contributed by atoms with E-state index >= 15 is 0 Å². The lowest BCUT2D eigenvalue weighted by Crippen LogP contribution is -2.09. The molecule has 1 rings (SSSR count). The Hall–Kier alpha value is -1.23. The van der Waals surface area contributed by atoms with Crippen molar-refractivity contribution < 1.29 is 17.9 Å². The fraction of sp³-hybridized carbons (Fsp3) is 0.400. The summed E-state index contributed by atoms with van der Waals surface area (Å²) in [5.41, 5.74) is 5.08. The monoisotopic (exact) mass is 219 g/mol. The van der Waals surface area contributed by atoms with Gasteiger partial charge in [0.15, 0.2) is 0 Å². The molecule has 5 heteroatoms. The summed E-state index contributed by atoms with van der Waals surface area (Å²) in [6, 6.07) is 3.97. The van der Waals surface area contributed by atoms with E-state index in [1.807, 2.05) is 0 Å². The molecule has 0 aliphatic carbocycles. The van der Waals surface area contributed by atoms with Crippen LogP contribution >= 0.6 is 0 Å². The third kappa shape index (κ3) is 2.86. The number of methoxy groups -OCH3 is 1. The number of hydrogen-bond donors (Lipinski definition) is 1. The molecule has 0 saturated heterocycles. The summed E-state index contributed by atoms with van der Waals surface area (Å²) in [6.07, 6.45) is -3.97. The minimum absolute atomic E-state index is 0.164. The van der Waals surface area contributed by atoms with Crippen molar-refractivity contribution in [2.75, 3.05) is 13.7 Å². The lowest BCUT2D eigenvalue weighted by molar-refractivity contribution is -0.138. The van der Waals surface area contributed by atoms with Crippen molar-refractivity contribution in [2.24, 2.45) is 5.73 Å². The van der Waals surface area contributed by atoms with Gasteiger partial charge in [0.1, 0.15) is 5.75 Å². The molecule has 0 unspecified atom stereocenters. The molecule has 0 bridgehead atoms. The molecule has 0 aromatic heterocycles. The SMILES string of the molecule is COc1ccc(CCN)cc1C(F)(F)F. The minimum atomic E-state index is -4.39. The highest BCUT2D eigenvalue weighted by Gasteiger charge is 2.34. The average molecular weight is 219 g/mol. The molecule has 0 amide bonds. The van der Waals surface area contributed by atoms with Gasteiger partial charge >= 0.3 is 6.18 Å². The first kappa shape index (κ1) is 11.8. The predicted octanol–water partition coefficient (Wildman–Crippen LogP) is 2.22. The summed E-state index contributed by atoms with van der Waals surface area (Å²) in [5.74, 6) is -0.164. The van der Waals surface area contributed by atoms with Crippen LogP contribution in [0.3, 0.4) is 0 Å². The second kappa shape index (κ2) is 4.53. The van der Waals surface area contributed by atoms with Crippen LogP contribution in [0.2, 0.25) is 0 Å². The van der Waals surface area contributed by atoms with Gasteiger partial charge in [-0.05, 0) is 30.7 Å². The number of halogens is 3. The third-order valence-corrected chi connectivity index (χ3v) is 2.00. The molecule has 2 N–H and O–H groups in total. The molecule has 2 nitrogen and oxygen atoms in total. The van der Waals surface area contributed by atoms with Gasteiger partial charge in [0.2, 0.25) is 0 Å². The summed E-state index contributed by atoms with van der Waals surface area (Å²) in [4.78, 5) is 0. The molecule has 0 aliphatic rings. The van der Waals surface area contributed by atoms with Crippen LogP contribution in [-0.2, 0) is 12.6 Å². The van der Waals surface area contributed by atoms with Gasteiger partial charge in [-0.25, -0.2) is 0 Å². The quantitative estimate of drug-likeness (QED) is 0.845. The molecule has 1 aromatic carbocycles. The normalized spacial score (nSPS) is 11.5. The summed E-state index contributed by atoms with van der Waals surface area (Å²) < 4.78 is 42.3.